The van der Waals surface area contributed by atoms with E-state index in [-0.39, 0.29) is 5.91 Å². The van der Waals surface area contributed by atoms with Gasteiger partial charge in [0.15, 0.2) is 5.58 Å². The Labute approximate surface area is 201 Å². The number of fused-ring (bicyclic) bond motifs is 1. The third-order valence-electron chi connectivity index (χ3n) is 5.66. The van der Waals surface area contributed by atoms with E-state index in [1.54, 1.807) is 18.2 Å². The fraction of sp³-hybridized carbons (Fsp3) is 0.200. The number of aromatic nitrogens is 1. The van der Waals surface area contributed by atoms with Crippen LogP contribution in [-0.2, 0) is 6.54 Å². The first kappa shape index (κ1) is 21.9. The van der Waals surface area contributed by atoms with Crippen LogP contribution in [0.5, 0.6) is 0 Å². The van der Waals surface area contributed by atoms with Gasteiger partial charge in [-0.3, -0.25) is 9.69 Å². The van der Waals surface area contributed by atoms with Gasteiger partial charge in [-0.05, 0) is 48.0 Å². The fourth-order valence-electron chi connectivity index (χ4n) is 3.92. The Kier molecular flexibility index (Phi) is 6.33. The van der Waals surface area contributed by atoms with Crippen molar-refractivity contribution in [2.24, 2.45) is 0 Å². The van der Waals surface area contributed by atoms with Crippen LogP contribution in [0.3, 0.4) is 0 Å². The van der Waals surface area contributed by atoms with Crippen molar-refractivity contribution in [2.75, 3.05) is 31.5 Å². The average molecular weight is 481 g/mol. The lowest BCUT2D eigenvalue weighted by molar-refractivity contribution is 0.102. The van der Waals surface area contributed by atoms with Crippen molar-refractivity contribution in [2.45, 2.75) is 6.54 Å². The van der Waals surface area contributed by atoms with Gasteiger partial charge in [-0.15, -0.1) is 0 Å². The molecule has 0 radical (unpaired) electrons. The van der Waals surface area contributed by atoms with Gasteiger partial charge in [-0.25, -0.2) is 4.98 Å². The molecule has 0 atom stereocenters. The van der Waals surface area contributed by atoms with E-state index in [4.69, 9.17) is 27.6 Å². The number of halogens is 2. The molecule has 0 aliphatic carbocycles. The third-order valence-corrected chi connectivity index (χ3v) is 6.40. The van der Waals surface area contributed by atoms with Crippen molar-refractivity contribution in [1.82, 2.24) is 15.2 Å². The minimum absolute atomic E-state index is 0.296. The van der Waals surface area contributed by atoms with Crippen LogP contribution in [0.4, 0.5) is 5.69 Å². The number of rotatable bonds is 5. The lowest BCUT2D eigenvalue weighted by atomic mass is 10.1. The zero-order valence-electron chi connectivity index (χ0n) is 17.8. The Morgan fingerprint density at radius 2 is 1.85 bits per heavy atom. The second-order valence-corrected chi connectivity index (χ2v) is 8.79. The van der Waals surface area contributed by atoms with E-state index in [1.807, 2.05) is 36.4 Å². The molecule has 0 spiro atoms. The number of nitrogens with zero attached hydrogens (tertiary/aromatic N) is 2. The summed E-state index contributed by atoms with van der Waals surface area (Å²) in [5.74, 6) is 0.157. The van der Waals surface area contributed by atoms with E-state index in [1.165, 1.54) is 5.56 Å². The number of carbonyl (C=O) groups excluding carboxylic acids is 1. The number of hydrogen-bond acceptors (Lipinski definition) is 5. The summed E-state index contributed by atoms with van der Waals surface area (Å²) in [7, 11) is 0. The van der Waals surface area contributed by atoms with Gasteiger partial charge in [0.1, 0.15) is 5.52 Å². The maximum atomic E-state index is 12.8. The van der Waals surface area contributed by atoms with Crippen LogP contribution in [0.25, 0.3) is 22.6 Å². The van der Waals surface area contributed by atoms with E-state index in [9.17, 15) is 4.79 Å². The first-order valence-corrected chi connectivity index (χ1v) is 11.5. The van der Waals surface area contributed by atoms with Gasteiger partial charge >= 0.3 is 0 Å². The van der Waals surface area contributed by atoms with Crippen LogP contribution in [0.15, 0.2) is 65.1 Å². The Balaban J connectivity index is 1.40. The van der Waals surface area contributed by atoms with Crippen molar-refractivity contribution in [3.63, 3.8) is 0 Å². The summed E-state index contributed by atoms with van der Waals surface area (Å²) in [6.45, 7) is 4.97. The van der Waals surface area contributed by atoms with Crippen LogP contribution < -0.4 is 10.6 Å². The maximum Gasteiger partial charge on any atom is 0.255 e. The second-order valence-electron chi connectivity index (χ2n) is 7.98. The molecule has 1 aromatic heterocycles. The molecule has 6 nitrogen and oxygen atoms in total. The van der Waals surface area contributed by atoms with Crippen molar-refractivity contribution in [3.8, 4) is 11.5 Å². The van der Waals surface area contributed by atoms with Crippen LogP contribution in [0.2, 0.25) is 10.0 Å². The number of carbonyl (C=O) groups is 1. The van der Waals surface area contributed by atoms with Crippen molar-refractivity contribution in [1.29, 1.82) is 0 Å². The Morgan fingerprint density at radius 1 is 1.03 bits per heavy atom. The molecule has 1 aliphatic rings. The summed E-state index contributed by atoms with van der Waals surface area (Å²) in [6, 6.07) is 18.3. The molecule has 3 aromatic carbocycles. The molecule has 4 aromatic rings. The minimum Gasteiger partial charge on any atom is -0.436 e. The van der Waals surface area contributed by atoms with Crippen LogP contribution in [0, 0.1) is 0 Å². The third kappa shape index (κ3) is 4.89. The average Bonchev–Trinajstić information content (AvgIpc) is 3.25. The van der Waals surface area contributed by atoms with Crippen LogP contribution in [0.1, 0.15) is 15.9 Å². The summed E-state index contributed by atoms with van der Waals surface area (Å²) in [5, 5.41) is 7.03. The monoisotopic (exact) mass is 480 g/mol. The standard InChI is InChI=1S/C25H22Cl2N4O2/c26-19-7-6-17(14-20(19)27)24(32)29-21-4-2-1-3-18(21)25-30-22-8-5-16(13-23(22)33-25)15-31-11-9-28-10-12-31/h1-8,13-14,28H,9-12,15H2,(H,29,32). The number of piperazine rings is 1. The highest BCUT2D eigenvalue weighted by Crippen LogP contribution is 2.31. The van der Waals surface area contributed by atoms with Gasteiger partial charge in [-0.2, -0.15) is 0 Å². The number of benzene rings is 3. The second kappa shape index (κ2) is 9.53. The number of anilines is 1. The molecule has 168 valence electrons. The molecule has 8 heteroatoms. The minimum atomic E-state index is -0.296. The summed E-state index contributed by atoms with van der Waals surface area (Å²) >= 11 is 12.0. The predicted octanol–water partition coefficient (Wildman–Crippen LogP) is 5.46. The normalized spacial score (nSPS) is 14.5. The largest absolute Gasteiger partial charge is 0.436 e. The Hall–Kier alpha value is -2.90. The van der Waals surface area contributed by atoms with Gasteiger partial charge in [0.05, 0.1) is 21.3 Å². The van der Waals surface area contributed by atoms with Gasteiger partial charge < -0.3 is 15.1 Å². The summed E-state index contributed by atoms with van der Waals surface area (Å²) in [5.41, 5.74) is 4.40. The van der Waals surface area contributed by atoms with Crippen molar-refractivity contribution < 1.29 is 9.21 Å². The van der Waals surface area contributed by atoms with E-state index in [2.05, 4.69) is 26.6 Å². The first-order valence-electron chi connectivity index (χ1n) is 10.8. The van der Waals surface area contributed by atoms with E-state index >= 15 is 0 Å². The molecule has 1 saturated heterocycles. The number of amides is 1. The van der Waals surface area contributed by atoms with Crippen molar-refractivity contribution in [3.05, 3.63) is 81.8 Å². The first-order chi connectivity index (χ1) is 16.1. The van der Waals surface area contributed by atoms with Crippen LogP contribution >= 0.6 is 23.2 Å². The SMILES string of the molecule is O=C(Nc1ccccc1-c1nc2ccc(CN3CCNCC3)cc2o1)c1ccc(Cl)c(Cl)c1. The van der Waals surface area contributed by atoms with E-state index in [0.717, 1.165) is 43.8 Å². The Morgan fingerprint density at radius 3 is 2.67 bits per heavy atom. The predicted molar refractivity (Wildman–Crippen MR) is 132 cm³/mol. The number of hydrogen-bond donors (Lipinski definition) is 2. The highest BCUT2D eigenvalue weighted by Gasteiger charge is 2.16. The molecule has 0 bridgehead atoms. The molecule has 1 fully saturated rings. The molecule has 33 heavy (non-hydrogen) atoms. The molecule has 0 saturated carbocycles. The quantitative estimate of drug-likeness (QED) is 0.396. The number of oxazole rings is 1. The smallest absolute Gasteiger partial charge is 0.255 e. The van der Waals surface area contributed by atoms with E-state index < -0.39 is 0 Å². The molecule has 0 unspecified atom stereocenters. The van der Waals surface area contributed by atoms with Gasteiger partial charge in [0.2, 0.25) is 5.89 Å². The molecule has 1 amide bonds. The summed E-state index contributed by atoms with van der Waals surface area (Å²) < 4.78 is 6.11. The molecular formula is C25H22Cl2N4O2. The summed E-state index contributed by atoms with van der Waals surface area (Å²) in [4.78, 5) is 19.9. The van der Waals surface area contributed by atoms with Crippen LogP contribution in [-0.4, -0.2) is 42.0 Å². The molecule has 2 heterocycles. The Bertz CT molecular complexity index is 1320. The van der Waals surface area contributed by atoms with Crippen molar-refractivity contribution >= 4 is 45.9 Å². The van der Waals surface area contributed by atoms with E-state index in [0.29, 0.717) is 32.8 Å². The molecule has 5 rings (SSSR count). The maximum absolute atomic E-state index is 12.8. The zero-order chi connectivity index (χ0) is 22.8. The molecular weight excluding hydrogens is 459 g/mol. The molecule has 2 N–H and O–H groups in total. The fourth-order valence-corrected chi connectivity index (χ4v) is 4.22. The zero-order valence-corrected chi connectivity index (χ0v) is 19.3. The highest BCUT2D eigenvalue weighted by molar-refractivity contribution is 6.42. The lowest BCUT2D eigenvalue weighted by Crippen LogP contribution is -2.42. The number of para-hydroxylation sites is 1. The lowest BCUT2D eigenvalue weighted by Gasteiger charge is -2.27. The number of nitrogens with one attached hydrogen (secondary N) is 2. The summed E-state index contributed by atoms with van der Waals surface area (Å²) in [6.07, 6.45) is 0. The van der Waals surface area contributed by atoms with Gasteiger partial charge in [-0.1, -0.05) is 41.4 Å². The topological polar surface area (TPSA) is 70.4 Å². The highest BCUT2D eigenvalue weighted by atomic mass is 35.5. The van der Waals surface area contributed by atoms with Gasteiger partial charge in [0.25, 0.3) is 5.91 Å². The molecule has 1 aliphatic heterocycles. The van der Waals surface area contributed by atoms with Gasteiger partial charge in [0, 0.05) is 38.3 Å².